The van der Waals surface area contributed by atoms with Crippen molar-refractivity contribution in [3.8, 4) is 55.8 Å². The molecule has 0 atom stereocenters. The van der Waals surface area contributed by atoms with E-state index >= 15 is 0 Å². The molecule has 0 aliphatic rings. The number of nitrogens with zero attached hydrogens (tertiary/aromatic N) is 3. The zero-order chi connectivity index (χ0) is 31.9. The van der Waals surface area contributed by atoms with Crippen LogP contribution in [0.15, 0.2) is 177 Å². The normalized spacial score (nSPS) is 11.3. The van der Waals surface area contributed by atoms with Gasteiger partial charge in [0, 0.05) is 47.7 Å². The maximum Gasteiger partial charge on any atom is 0.0702 e. The highest BCUT2D eigenvalue weighted by Gasteiger charge is 2.18. The number of benzene rings is 6. The molecule has 3 nitrogen and oxygen atoms in total. The summed E-state index contributed by atoms with van der Waals surface area (Å²) in [4.78, 5) is 13.3. The summed E-state index contributed by atoms with van der Waals surface area (Å²) in [5.74, 6) is 0. The molecule has 224 valence electrons. The van der Waals surface area contributed by atoms with Gasteiger partial charge in [0.1, 0.15) is 0 Å². The van der Waals surface area contributed by atoms with Gasteiger partial charge in [0.05, 0.1) is 5.69 Å². The van der Waals surface area contributed by atoms with Gasteiger partial charge in [-0.15, -0.1) is 0 Å². The number of pyridine rings is 3. The predicted molar refractivity (Wildman–Crippen MR) is 200 cm³/mol. The maximum absolute atomic E-state index is 4.59. The van der Waals surface area contributed by atoms with Crippen LogP contribution in [0.25, 0.3) is 88.1 Å². The molecule has 0 amide bonds. The molecular formula is C45H29N3. The van der Waals surface area contributed by atoms with E-state index in [1.165, 1.54) is 54.6 Å². The van der Waals surface area contributed by atoms with Crippen molar-refractivity contribution in [1.29, 1.82) is 0 Å². The highest BCUT2D eigenvalue weighted by molar-refractivity contribution is 6.23. The molecule has 0 aliphatic carbocycles. The molecule has 0 bridgehead atoms. The molecule has 0 aliphatic heterocycles. The van der Waals surface area contributed by atoms with E-state index in [1.807, 2.05) is 55.2 Å². The minimum Gasteiger partial charge on any atom is -0.265 e. The summed E-state index contributed by atoms with van der Waals surface area (Å²) >= 11 is 0. The third-order valence-corrected chi connectivity index (χ3v) is 9.30. The second-order valence-corrected chi connectivity index (χ2v) is 12.1. The smallest absolute Gasteiger partial charge is 0.0702 e. The molecule has 0 radical (unpaired) electrons. The van der Waals surface area contributed by atoms with Crippen molar-refractivity contribution in [2.24, 2.45) is 0 Å². The summed E-state index contributed by atoms with van der Waals surface area (Å²) < 4.78 is 0. The molecule has 0 N–H and O–H groups in total. The van der Waals surface area contributed by atoms with E-state index in [2.05, 4.69) is 136 Å². The highest BCUT2D eigenvalue weighted by atomic mass is 14.7. The number of aromatic nitrogens is 3. The fourth-order valence-corrected chi connectivity index (χ4v) is 7.05. The molecule has 0 saturated heterocycles. The van der Waals surface area contributed by atoms with Crippen LogP contribution in [0.2, 0.25) is 0 Å². The monoisotopic (exact) mass is 611 g/mol. The number of rotatable bonds is 5. The lowest BCUT2D eigenvalue weighted by molar-refractivity contribution is 1.30. The summed E-state index contributed by atoms with van der Waals surface area (Å²) in [5.41, 5.74) is 11.4. The molecule has 0 unspecified atom stereocenters. The zero-order valence-corrected chi connectivity index (χ0v) is 26.1. The van der Waals surface area contributed by atoms with Gasteiger partial charge in [0.2, 0.25) is 0 Å². The minimum atomic E-state index is 0.980. The topological polar surface area (TPSA) is 38.7 Å². The molecule has 0 saturated carbocycles. The first-order chi connectivity index (χ1) is 23.8. The lowest BCUT2D eigenvalue weighted by Gasteiger charge is -2.19. The zero-order valence-electron chi connectivity index (χ0n) is 26.1. The van der Waals surface area contributed by atoms with Crippen molar-refractivity contribution in [3.05, 3.63) is 177 Å². The van der Waals surface area contributed by atoms with Crippen molar-refractivity contribution in [2.45, 2.75) is 0 Å². The Bertz CT molecular complexity index is 2540. The molecule has 9 aromatic rings. The molecule has 3 heteroatoms. The number of hydrogen-bond acceptors (Lipinski definition) is 3. The number of hydrogen-bond donors (Lipinski definition) is 0. The SMILES string of the molecule is c1ccc(-c2ccc3c(-c4c5ccccc5c(-c5ccc(-c6cncc(-c7ccncc7)c6)cc5)c5ccccc45)cccc3c2)nc1. The van der Waals surface area contributed by atoms with Crippen LogP contribution < -0.4 is 0 Å². The molecule has 0 fully saturated rings. The summed E-state index contributed by atoms with van der Waals surface area (Å²) in [5, 5.41) is 7.39. The number of fused-ring (bicyclic) bond motifs is 3. The van der Waals surface area contributed by atoms with Gasteiger partial charge in [-0.25, -0.2) is 0 Å². The first-order valence-electron chi connectivity index (χ1n) is 16.2. The third kappa shape index (κ3) is 4.81. The van der Waals surface area contributed by atoms with Crippen molar-refractivity contribution < 1.29 is 0 Å². The summed E-state index contributed by atoms with van der Waals surface area (Å²) in [6, 6.07) is 52.2. The van der Waals surface area contributed by atoms with Crippen molar-refractivity contribution in [1.82, 2.24) is 15.0 Å². The first kappa shape index (κ1) is 27.8. The lowest BCUT2D eigenvalue weighted by atomic mass is 9.84. The van der Waals surface area contributed by atoms with E-state index in [1.54, 1.807) is 0 Å². The maximum atomic E-state index is 4.59. The largest absolute Gasteiger partial charge is 0.265 e. The van der Waals surface area contributed by atoms with Crippen LogP contribution in [0.5, 0.6) is 0 Å². The Kier molecular flexibility index (Phi) is 6.80. The highest BCUT2D eigenvalue weighted by Crippen LogP contribution is 2.45. The second-order valence-electron chi connectivity index (χ2n) is 12.1. The molecule has 3 aromatic heterocycles. The minimum absolute atomic E-state index is 0.980. The van der Waals surface area contributed by atoms with Crippen molar-refractivity contribution in [3.63, 3.8) is 0 Å². The Balaban J connectivity index is 1.20. The van der Waals surface area contributed by atoms with E-state index in [-0.39, 0.29) is 0 Å². The standard InChI is InChI=1S/C45H29N3/c1-3-11-41-39(9-1)44(32-17-15-30(16-18-32)35-27-36(29-47-28-35)31-21-24-46-25-22-31)40-10-2-4-12-42(40)45(41)38-13-7-8-33-26-34(19-20-37(33)38)43-14-5-6-23-48-43/h1-29H. The molecule has 48 heavy (non-hydrogen) atoms. The van der Waals surface area contributed by atoms with Crippen LogP contribution in [-0.2, 0) is 0 Å². The molecular weight excluding hydrogens is 583 g/mol. The van der Waals surface area contributed by atoms with E-state index in [0.29, 0.717) is 0 Å². The lowest BCUT2D eigenvalue weighted by Crippen LogP contribution is -1.92. The first-order valence-corrected chi connectivity index (χ1v) is 16.2. The van der Waals surface area contributed by atoms with Gasteiger partial charge in [-0.05, 0) is 102 Å². The Labute approximate surface area is 278 Å². The van der Waals surface area contributed by atoms with E-state index in [4.69, 9.17) is 0 Å². The second kappa shape index (κ2) is 11.7. The van der Waals surface area contributed by atoms with Crippen LogP contribution >= 0.6 is 0 Å². The van der Waals surface area contributed by atoms with Gasteiger partial charge in [0.15, 0.2) is 0 Å². The van der Waals surface area contributed by atoms with Crippen molar-refractivity contribution >= 4 is 32.3 Å². The Hall–Kier alpha value is -6.45. The van der Waals surface area contributed by atoms with Gasteiger partial charge in [-0.1, -0.05) is 109 Å². The molecule has 6 aromatic carbocycles. The summed E-state index contributed by atoms with van der Waals surface area (Å²) in [6.07, 6.45) is 9.32. The quantitative estimate of drug-likeness (QED) is 0.182. The van der Waals surface area contributed by atoms with Gasteiger partial charge >= 0.3 is 0 Å². The van der Waals surface area contributed by atoms with Gasteiger partial charge < -0.3 is 0 Å². The van der Waals surface area contributed by atoms with E-state index in [9.17, 15) is 0 Å². The van der Waals surface area contributed by atoms with Gasteiger partial charge in [0.25, 0.3) is 0 Å². The Morgan fingerprint density at radius 2 is 0.938 bits per heavy atom. The summed E-state index contributed by atoms with van der Waals surface area (Å²) in [7, 11) is 0. The van der Waals surface area contributed by atoms with E-state index in [0.717, 1.165) is 33.5 Å². The molecule has 9 rings (SSSR count). The Morgan fingerprint density at radius 3 is 1.60 bits per heavy atom. The van der Waals surface area contributed by atoms with Crippen LogP contribution in [0.4, 0.5) is 0 Å². The van der Waals surface area contributed by atoms with Gasteiger partial charge in [-0.2, -0.15) is 0 Å². The van der Waals surface area contributed by atoms with E-state index < -0.39 is 0 Å². The van der Waals surface area contributed by atoms with Crippen LogP contribution in [0, 0.1) is 0 Å². The van der Waals surface area contributed by atoms with Crippen LogP contribution in [-0.4, -0.2) is 15.0 Å². The van der Waals surface area contributed by atoms with Crippen LogP contribution in [0.3, 0.4) is 0 Å². The fraction of sp³-hybridized carbons (Fsp3) is 0. The van der Waals surface area contributed by atoms with Crippen molar-refractivity contribution in [2.75, 3.05) is 0 Å². The Morgan fingerprint density at radius 1 is 0.333 bits per heavy atom. The fourth-order valence-electron chi connectivity index (χ4n) is 7.05. The van der Waals surface area contributed by atoms with Crippen LogP contribution in [0.1, 0.15) is 0 Å². The summed E-state index contributed by atoms with van der Waals surface area (Å²) in [6.45, 7) is 0. The average molecular weight is 612 g/mol. The average Bonchev–Trinajstić information content (AvgIpc) is 3.17. The van der Waals surface area contributed by atoms with Gasteiger partial charge in [-0.3, -0.25) is 15.0 Å². The molecule has 3 heterocycles. The molecule has 0 spiro atoms. The predicted octanol–water partition coefficient (Wildman–Crippen LogP) is 11.7. The third-order valence-electron chi connectivity index (χ3n) is 9.30.